The largest absolute Gasteiger partial charge is 0.459 e. The van der Waals surface area contributed by atoms with Crippen LogP contribution in [0.2, 0.25) is 0 Å². The number of esters is 1. The van der Waals surface area contributed by atoms with Gasteiger partial charge in [-0.3, -0.25) is 0 Å². The van der Waals surface area contributed by atoms with E-state index in [0.717, 1.165) is 12.3 Å². The smallest absolute Gasteiger partial charge is 0.384 e. The third-order valence-electron chi connectivity index (χ3n) is 1.37. The number of carbonyl (C=O) groups excluding carboxylic acids is 1. The number of pyridine rings is 1. The van der Waals surface area contributed by atoms with E-state index in [0.29, 0.717) is 0 Å². The van der Waals surface area contributed by atoms with Gasteiger partial charge in [0.05, 0.1) is 18.9 Å². The number of nitrogens with zero attached hydrogens (tertiary/aromatic N) is 1. The highest BCUT2D eigenvalue weighted by molar-refractivity contribution is 5.89. The molecule has 0 aliphatic rings. The van der Waals surface area contributed by atoms with Crippen molar-refractivity contribution in [2.24, 2.45) is 0 Å². The van der Waals surface area contributed by atoms with Crippen LogP contribution in [0.15, 0.2) is 12.3 Å². The zero-order chi connectivity index (χ0) is 10.6. The zero-order valence-electron chi connectivity index (χ0n) is 7.37. The number of aromatic nitrogens is 1. The monoisotopic (exact) mass is 194 g/mol. The summed E-state index contributed by atoms with van der Waals surface area (Å²) in [5.74, 6) is 3.27. The fourth-order valence-electron chi connectivity index (χ4n) is 0.719. The topological polar surface area (TPSA) is 65.2 Å². The first-order valence-electron chi connectivity index (χ1n) is 3.64. The number of nitrogen functional groups attached to an aromatic ring is 1. The predicted molar refractivity (Wildman–Crippen MR) is 47.5 cm³/mol. The van der Waals surface area contributed by atoms with E-state index in [9.17, 15) is 9.18 Å². The second kappa shape index (κ2) is 4.23. The van der Waals surface area contributed by atoms with Crippen LogP contribution in [0.25, 0.3) is 0 Å². The number of halogens is 1. The molecule has 0 unspecified atom stereocenters. The van der Waals surface area contributed by atoms with Crippen LogP contribution in [0.1, 0.15) is 5.56 Å². The Morgan fingerprint density at radius 2 is 2.43 bits per heavy atom. The zero-order valence-corrected chi connectivity index (χ0v) is 7.37. The van der Waals surface area contributed by atoms with Crippen molar-refractivity contribution in [3.63, 3.8) is 0 Å². The van der Waals surface area contributed by atoms with E-state index < -0.39 is 11.8 Å². The number of nitrogens with two attached hydrogens (primary N) is 1. The molecule has 0 amide bonds. The first kappa shape index (κ1) is 9.99. The van der Waals surface area contributed by atoms with Crippen LogP contribution in [0.4, 0.5) is 10.2 Å². The Balaban J connectivity index is 3.00. The number of ether oxygens (including phenoxy) is 1. The average Bonchev–Trinajstić information content (AvgIpc) is 2.19. The molecule has 0 aromatic carbocycles. The lowest BCUT2D eigenvalue weighted by Crippen LogP contribution is -1.97. The number of hydrogen-bond donors (Lipinski definition) is 1. The van der Waals surface area contributed by atoms with Gasteiger partial charge in [-0.25, -0.2) is 14.2 Å². The van der Waals surface area contributed by atoms with Gasteiger partial charge in [-0.15, -0.1) is 0 Å². The molecule has 1 aromatic heterocycles. The lowest BCUT2D eigenvalue weighted by atomic mass is 10.2. The molecule has 0 aliphatic carbocycles. The number of hydrogen-bond acceptors (Lipinski definition) is 4. The second-order valence-electron chi connectivity index (χ2n) is 2.33. The van der Waals surface area contributed by atoms with Crippen LogP contribution < -0.4 is 5.73 Å². The summed E-state index contributed by atoms with van der Waals surface area (Å²) < 4.78 is 16.9. The summed E-state index contributed by atoms with van der Waals surface area (Å²) in [7, 11) is 1.20. The Morgan fingerprint density at radius 3 is 3.07 bits per heavy atom. The van der Waals surface area contributed by atoms with E-state index in [1.165, 1.54) is 7.11 Å². The Hall–Kier alpha value is -2.09. The summed E-state index contributed by atoms with van der Waals surface area (Å²) in [6, 6.07) is 1.10. The molecular weight excluding hydrogens is 187 g/mol. The normalized spacial score (nSPS) is 8.71. The molecule has 0 spiro atoms. The average molecular weight is 194 g/mol. The molecule has 0 fully saturated rings. The van der Waals surface area contributed by atoms with Crippen LogP contribution in [0.5, 0.6) is 0 Å². The van der Waals surface area contributed by atoms with Gasteiger partial charge in [-0.2, -0.15) is 0 Å². The van der Waals surface area contributed by atoms with Crippen molar-refractivity contribution < 1.29 is 13.9 Å². The number of rotatable bonds is 0. The summed E-state index contributed by atoms with van der Waals surface area (Å²) in [6.45, 7) is 0. The molecule has 1 heterocycles. The van der Waals surface area contributed by atoms with E-state index >= 15 is 0 Å². The Kier molecular flexibility index (Phi) is 3.02. The highest BCUT2D eigenvalue weighted by Crippen LogP contribution is 2.07. The maximum absolute atomic E-state index is 12.7. The highest BCUT2D eigenvalue weighted by atomic mass is 19.1. The van der Waals surface area contributed by atoms with E-state index in [2.05, 4.69) is 21.6 Å². The Bertz CT molecular complexity index is 421. The van der Waals surface area contributed by atoms with Gasteiger partial charge in [0.1, 0.15) is 11.6 Å². The Labute approximate surface area is 79.9 Å². The van der Waals surface area contributed by atoms with Crippen LogP contribution in [0.3, 0.4) is 0 Å². The van der Waals surface area contributed by atoms with Crippen molar-refractivity contribution in [2.45, 2.75) is 0 Å². The summed E-state index contributed by atoms with van der Waals surface area (Å²) in [6.07, 6.45) is 0.971. The minimum Gasteiger partial charge on any atom is -0.459 e. The fraction of sp³-hybridized carbons (Fsp3) is 0.111. The fourth-order valence-corrected chi connectivity index (χ4v) is 0.719. The standard InChI is InChI=1S/C9H7FN2O2/c1-14-8(13)3-2-6-4-7(10)5-12-9(6)11/h4-5H,1H3,(H2,11,12). The maximum Gasteiger partial charge on any atom is 0.384 e. The number of carbonyl (C=O) groups is 1. The van der Waals surface area contributed by atoms with Crippen molar-refractivity contribution in [1.82, 2.24) is 4.98 Å². The lowest BCUT2D eigenvalue weighted by Gasteiger charge is -1.95. The van der Waals surface area contributed by atoms with Gasteiger partial charge < -0.3 is 10.5 Å². The van der Waals surface area contributed by atoms with Gasteiger partial charge in [0.2, 0.25) is 0 Å². The summed E-state index contributed by atoms with van der Waals surface area (Å²) in [5, 5.41) is 0. The quantitative estimate of drug-likeness (QED) is 0.477. The van der Waals surface area contributed by atoms with Crippen LogP contribution >= 0.6 is 0 Å². The molecule has 4 nitrogen and oxygen atoms in total. The Morgan fingerprint density at radius 1 is 1.71 bits per heavy atom. The van der Waals surface area contributed by atoms with E-state index in [4.69, 9.17) is 5.73 Å². The predicted octanol–water partition coefficient (Wildman–Crippen LogP) is 0.327. The second-order valence-corrected chi connectivity index (χ2v) is 2.33. The third-order valence-corrected chi connectivity index (χ3v) is 1.37. The van der Waals surface area contributed by atoms with Gasteiger partial charge in [0, 0.05) is 5.92 Å². The highest BCUT2D eigenvalue weighted by Gasteiger charge is 1.99. The number of methoxy groups -OCH3 is 1. The van der Waals surface area contributed by atoms with E-state index in [-0.39, 0.29) is 11.4 Å². The summed E-state index contributed by atoms with van der Waals surface area (Å²) >= 11 is 0. The lowest BCUT2D eigenvalue weighted by molar-refractivity contribution is -0.133. The van der Waals surface area contributed by atoms with Gasteiger partial charge >= 0.3 is 5.97 Å². The van der Waals surface area contributed by atoms with Gasteiger partial charge in [0.25, 0.3) is 0 Å². The van der Waals surface area contributed by atoms with Crippen molar-refractivity contribution in [3.05, 3.63) is 23.6 Å². The van der Waals surface area contributed by atoms with Crippen molar-refractivity contribution in [3.8, 4) is 11.8 Å². The van der Waals surface area contributed by atoms with Crippen molar-refractivity contribution in [1.29, 1.82) is 0 Å². The minimum absolute atomic E-state index is 0.0720. The molecule has 5 heteroatoms. The van der Waals surface area contributed by atoms with Gasteiger partial charge in [0.15, 0.2) is 0 Å². The maximum atomic E-state index is 12.7. The first-order chi connectivity index (χ1) is 6.63. The minimum atomic E-state index is -0.714. The molecule has 14 heavy (non-hydrogen) atoms. The molecule has 1 aromatic rings. The molecule has 0 atom stereocenters. The molecule has 0 radical (unpaired) electrons. The van der Waals surface area contributed by atoms with Crippen LogP contribution in [0, 0.1) is 17.7 Å². The molecule has 1 rings (SSSR count). The van der Waals surface area contributed by atoms with Crippen LogP contribution in [-0.2, 0) is 9.53 Å². The molecule has 0 saturated heterocycles. The summed E-state index contributed by atoms with van der Waals surface area (Å²) in [5.41, 5.74) is 5.55. The number of anilines is 1. The van der Waals surface area contributed by atoms with Crippen LogP contribution in [-0.4, -0.2) is 18.1 Å². The molecule has 0 aliphatic heterocycles. The van der Waals surface area contributed by atoms with E-state index in [1.807, 2.05) is 0 Å². The van der Waals surface area contributed by atoms with Crippen molar-refractivity contribution >= 4 is 11.8 Å². The first-order valence-corrected chi connectivity index (χ1v) is 3.64. The molecular formula is C9H7FN2O2. The molecule has 0 bridgehead atoms. The molecule has 2 N–H and O–H groups in total. The van der Waals surface area contributed by atoms with Gasteiger partial charge in [-0.1, -0.05) is 5.92 Å². The van der Waals surface area contributed by atoms with Gasteiger partial charge in [-0.05, 0) is 6.07 Å². The van der Waals surface area contributed by atoms with E-state index in [1.54, 1.807) is 0 Å². The SMILES string of the molecule is COC(=O)C#Cc1cc(F)cnc1N. The molecule has 72 valence electrons. The molecule has 0 saturated carbocycles. The summed E-state index contributed by atoms with van der Waals surface area (Å²) in [4.78, 5) is 14.2. The third kappa shape index (κ3) is 2.45. The van der Waals surface area contributed by atoms with Crippen molar-refractivity contribution in [2.75, 3.05) is 12.8 Å².